The van der Waals surface area contributed by atoms with E-state index in [2.05, 4.69) is 51.5 Å². The van der Waals surface area contributed by atoms with Gasteiger partial charge in [-0.2, -0.15) is 0 Å². The summed E-state index contributed by atoms with van der Waals surface area (Å²) in [5, 5.41) is 4.61. The molecule has 88 valence electrons. The summed E-state index contributed by atoms with van der Waals surface area (Å²) in [5.74, 6) is 0.989. The molecule has 0 saturated carbocycles. The lowest BCUT2D eigenvalue weighted by Gasteiger charge is -2.14. The summed E-state index contributed by atoms with van der Waals surface area (Å²) in [5.41, 5.74) is 2.38. The number of aliphatic imine (C=N–C) groups is 1. The second kappa shape index (κ2) is 4.13. The first-order valence-electron chi connectivity index (χ1n) is 5.89. The van der Waals surface area contributed by atoms with Crippen LogP contribution in [0.1, 0.15) is 5.69 Å². The van der Waals surface area contributed by atoms with Crippen molar-refractivity contribution in [2.45, 2.75) is 6.54 Å². The van der Waals surface area contributed by atoms with Gasteiger partial charge in [0.2, 0.25) is 0 Å². The van der Waals surface area contributed by atoms with Gasteiger partial charge in [0.25, 0.3) is 0 Å². The molecule has 2 N–H and O–H groups in total. The number of hydrogen-bond acceptors (Lipinski definition) is 3. The highest BCUT2D eigenvalue weighted by Crippen LogP contribution is 2.14. The highest BCUT2D eigenvalue weighted by molar-refractivity contribution is 5.82. The van der Waals surface area contributed by atoms with E-state index in [9.17, 15) is 0 Å². The van der Waals surface area contributed by atoms with Gasteiger partial charge in [-0.15, -0.1) is 0 Å². The number of nitrogens with zero attached hydrogens (tertiary/aromatic N) is 2. The van der Waals surface area contributed by atoms with Crippen LogP contribution in [0.5, 0.6) is 0 Å². The van der Waals surface area contributed by atoms with Crippen LogP contribution in [0.2, 0.25) is 0 Å². The van der Waals surface area contributed by atoms with Crippen molar-refractivity contribution in [1.82, 2.24) is 15.2 Å². The maximum absolute atomic E-state index is 4.40. The van der Waals surface area contributed by atoms with E-state index in [-0.39, 0.29) is 0 Å². The third-order valence-corrected chi connectivity index (χ3v) is 3.08. The van der Waals surface area contributed by atoms with Crippen LogP contribution in [-0.4, -0.2) is 36.0 Å². The molecule has 1 aliphatic heterocycles. The number of nitrogens with one attached hydrogen (secondary N) is 2. The Kier molecular flexibility index (Phi) is 2.48. The van der Waals surface area contributed by atoms with Gasteiger partial charge in [0.05, 0.1) is 13.1 Å². The predicted molar refractivity (Wildman–Crippen MR) is 70.1 cm³/mol. The number of hydrogen-bond donors (Lipinski definition) is 2. The summed E-state index contributed by atoms with van der Waals surface area (Å²) in [6, 6.07) is 10.5. The Morgan fingerprint density at radius 1 is 1.41 bits per heavy atom. The monoisotopic (exact) mass is 228 g/mol. The Balaban J connectivity index is 1.72. The molecule has 2 aromatic rings. The fourth-order valence-electron chi connectivity index (χ4n) is 2.13. The van der Waals surface area contributed by atoms with Crippen molar-refractivity contribution < 1.29 is 0 Å². The first kappa shape index (κ1) is 10.2. The molecule has 0 radical (unpaired) electrons. The molecule has 3 rings (SSSR count). The molecule has 1 aromatic carbocycles. The van der Waals surface area contributed by atoms with Crippen molar-refractivity contribution in [3.05, 3.63) is 36.0 Å². The highest BCUT2D eigenvalue weighted by atomic mass is 15.3. The SMILES string of the molecule is CN1CCN=C1NCc1cc2ccccc2[nH]1. The number of H-pyrrole nitrogens is 1. The summed E-state index contributed by atoms with van der Waals surface area (Å²) in [7, 11) is 2.06. The van der Waals surface area contributed by atoms with Gasteiger partial charge in [-0.3, -0.25) is 4.99 Å². The number of rotatable bonds is 2. The van der Waals surface area contributed by atoms with E-state index < -0.39 is 0 Å². The van der Waals surface area contributed by atoms with Gasteiger partial charge in [0, 0.05) is 24.8 Å². The molecule has 0 bridgehead atoms. The quantitative estimate of drug-likeness (QED) is 0.819. The van der Waals surface area contributed by atoms with Crippen molar-refractivity contribution >= 4 is 16.9 Å². The van der Waals surface area contributed by atoms with Gasteiger partial charge in [0.1, 0.15) is 0 Å². The van der Waals surface area contributed by atoms with Crippen molar-refractivity contribution in [2.75, 3.05) is 20.1 Å². The van der Waals surface area contributed by atoms with Gasteiger partial charge in [0.15, 0.2) is 5.96 Å². The topological polar surface area (TPSA) is 43.4 Å². The number of fused-ring (bicyclic) bond motifs is 1. The summed E-state index contributed by atoms with van der Waals surface area (Å²) in [6.45, 7) is 2.69. The number of aromatic amines is 1. The molecular weight excluding hydrogens is 212 g/mol. The van der Waals surface area contributed by atoms with Gasteiger partial charge < -0.3 is 15.2 Å². The van der Waals surface area contributed by atoms with Crippen molar-refractivity contribution in [2.24, 2.45) is 4.99 Å². The van der Waals surface area contributed by atoms with Gasteiger partial charge in [-0.05, 0) is 17.5 Å². The van der Waals surface area contributed by atoms with E-state index >= 15 is 0 Å². The molecule has 0 fully saturated rings. The number of aromatic nitrogens is 1. The molecule has 0 spiro atoms. The summed E-state index contributed by atoms with van der Waals surface area (Å²) in [6.07, 6.45) is 0. The second-order valence-electron chi connectivity index (χ2n) is 4.36. The van der Waals surface area contributed by atoms with Crippen LogP contribution in [-0.2, 0) is 6.54 Å². The Hall–Kier alpha value is -1.97. The van der Waals surface area contributed by atoms with Crippen molar-refractivity contribution in [3.63, 3.8) is 0 Å². The number of guanidine groups is 1. The Morgan fingerprint density at radius 3 is 3.06 bits per heavy atom. The normalized spacial score (nSPS) is 15.4. The largest absolute Gasteiger partial charge is 0.357 e. The molecular formula is C13H16N4. The molecule has 0 aliphatic carbocycles. The van der Waals surface area contributed by atoms with E-state index in [1.54, 1.807) is 0 Å². The van der Waals surface area contributed by atoms with Gasteiger partial charge in [-0.1, -0.05) is 18.2 Å². The zero-order valence-electron chi connectivity index (χ0n) is 9.90. The zero-order valence-corrected chi connectivity index (χ0v) is 9.90. The molecule has 4 nitrogen and oxygen atoms in total. The van der Waals surface area contributed by atoms with E-state index in [0.717, 1.165) is 25.6 Å². The van der Waals surface area contributed by atoms with E-state index in [1.165, 1.54) is 16.6 Å². The van der Waals surface area contributed by atoms with Crippen LogP contribution in [0, 0.1) is 0 Å². The predicted octanol–water partition coefficient (Wildman–Crippen LogP) is 1.56. The molecule has 0 unspecified atom stereocenters. The van der Waals surface area contributed by atoms with Gasteiger partial charge in [-0.25, -0.2) is 0 Å². The van der Waals surface area contributed by atoms with Crippen LogP contribution in [0.25, 0.3) is 10.9 Å². The molecule has 1 aromatic heterocycles. The van der Waals surface area contributed by atoms with Crippen molar-refractivity contribution in [1.29, 1.82) is 0 Å². The lowest BCUT2D eigenvalue weighted by Crippen LogP contribution is -2.35. The maximum Gasteiger partial charge on any atom is 0.194 e. The smallest absolute Gasteiger partial charge is 0.194 e. The average Bonchev–Trinajstić information content (AvgIpc) is 2.92. The summed E-state index contributed by atoms with van der Waals surface area (Å²) >= 11 is 0. The summed E-state index contributed by atoms with van der Waals surface area (Å²) in [4.78, 5) is 9.94. The Labute approximate surface area is 100 Å². The van der Waals surface area contributed by atoms with Crippen LogP contribution < -0.4 is 5.32 Å². The lowest BCUT2D eigenvalue weighted by atomic mass is 10.2. The summed E-state index contributed by atoms with van der Waals surface area (Å²) < 4.78 is 0. The highest BCUT2D eigenvalue weighted by Gasteiger charge is 2.11. The fraction of sp³-hybridized carbons (Fsp3) is 0.308. The third kappa shape index (κ3) is 1.98. The van der Waals surface area contributed by atoms with E-state index in [1.807, 2.05) is 6.07 Å². The van der Waals surface area contributed by atoms with Crippen molar-refractivity contribution in [3.8, 4) is 0 Å². The molecule has 4 heteroatoms. The van der Waals surface area contributed by atoms with E-state index in [0.29, 0.717) is 0 Å². The molecule has 0 saturated heterocycles. The molecule has 1 aliphatic rings. The van der Waals surface area contributed by atoms with Crippen LogP contribution in [0.15, 0.2) is 35.3 Å². The third-order valence-electron chi connectivity index (χ3n) is 3.08. The molecule has 0 atom stereocenters. The zero-order chi connectivity index (χ0) is 11.7. The minimum Gasteiger partial charge on any atom is -0.357 e. The Bertz CT molecular complexity index is 522. The fourth-order valence-corrected chi connectivity index (χ4v) is 2.13. The number of benzene rings is 1. The number of para-hydroxylation sites is 1. The first-order valence-corrected chi connectivity index (χ1v) is 5.89. The number of likely N-dealkylation sites (N-methyl/N-ethyl adjacent to an activating group) is 1. The lowest BCUT2D eigenvalue weighted by molar-refractivity contribution is 0.533. The second-order valence-corrected chi connectivity index (χ2v) is 4.36. The standard InChI is InChI=1S/C13H16N4/c1-17-7-6-14-13(17)15-9-11-8-10-4-2-3-5-12(10)16-11/h2-5,8,16H,6-7,9H2,1H3,(H,14,15). The molecule has 2 heterocycles. The minimum atomic E-state index is 0.790. The maximum atomic E-state index is 4.40. The van der Waals surface area contributed by atoms with Crippen LogP contribution in [0.4, 0.5) is 0 Å². The minimum absolute atomic E-state index is 0.790. The van der Waals surface area contributed by atoms with Crippen LogP contribution >= 0.6 is 0 Å². The van der Waals surface area contributed by atoms with Crippen LogP contribution in [0.3, 0.4) is 0 Å². The van der Waals surface area contributed by atoms with E-state index in [4.69, 9.17) is 0 Å². The Morgan fingerprint density at radius 2 is 2.29 bits per heavy atom. The molecule has 17 heavy (non-hydrogen) atoms. The van der Waals surface area contributed by atoms with Gasteiger partial charge >= 0.3 is 0 Å². The first-order chi connectivity index (χ1) is 8.33. The molecule has 0 amide bonds. The average molecular weight is 228 g/mol.